The molecule has 0 aromatic heterocycles. The molecular weight excluding hydrogens is 224 g/mol. The van der Waals surface area contributed by atoms with E-state index >= 15 is 0 Å². The molecule has 0 bridgehead atoms. The Bertz CT molecular complexity index is 281. The van der Waals surface area contributed by atoms with E-state index in [0.29, 0.717) is 11.3 Å². The zero-order chi connectivity index (χ0) is 13.2. The summed E-state index contributed by atoms with van der Waals surface area (Å²) in [6, 6.07) is 0. The van der Waals surface area contributed by atoms with E-state index in [1.807, 2.05) is 0 Å². The number of rotatable bonds is 1. The molecule has 2 heterocycles. The van der Waals surface area contributed by atoms with Crippen LogP contribution in [0.2, 0.25) is 0 Å². The molecule has 104 valence electrons. The third-order valence-electron chi connectivity index (χ3n) is 4.68. The summed E-state index contributed by atoms with van der Waals surface area (Å²) in [5.41, 5.74) is 0.390. The summed E-state index contributed by atoms with van der Waals surface area (Å²) in [6.45, 7) is 10.9. The molecule has 0 spiro atoms. The Morgan fingerprint density at radius 3 is 2.33 bits per heavy atom. The van der Waals surface area contributed by atoms with Gasteiger partial charge in [0.15, 0.2) is 0 Å². The van der Waals surface area contributed by atoms with Crippen LogP contribution in [0.3, 0.4) is 0 Å². The van der Waals surface area contributed by atoms with Gasteiger partial charge in [0.05, 0.1) is 5.92 Å². The Balaban J connectivity index is 1.83. The molecule has 0 aromatic rings. The first-order valence-corrected chi connectivity index (χ1v) is 7.48. The molecule has 2 rings (SSSR count). The zero-order valence-corrected chi connectivity index (χ0v) is 12.2. The first kappa shape index (κ1) is 13.9. The molecule has 2 aliphatic rings. The van der Waals surface area contributed by atoms with Gasteiger partial charge in [0, 0.05) is 19.6 Å². The number of hydrogen-bond acceptors (Lipinski definition) is 2. The molecule has 0 saturated carbocycles. The quantitative estimate of drug-likeness (QED) is 0.776. The van der Waals surface area contributed by atoms with E-state index in [9.17, 15) is 4.79 Å². The Morgan fingerprint density at radius 1 is 1.17 bits per heavy atom. The molecule has 2 aliphatic heterocycles. The average Bonchev–Trinajstić information content (AvgIpc) is 2.38. The highest BCUT2D eigenvalue weighted by Gasteiger charge is 2.32. The van der Waals surface area contributed by atoms with Crippen molar-refractivity contribution in [3.63, 3.8) is 0 Å². The van der Waals surface area contributed by atoms with Crippen LogP contribution in [0.4, 0.5) is 0 Å². The van der Waals surface area contributed by atoms with Crippen LogP contribution in [0.1, 0.15) is 46.5 Å². The number of piperidine rings is 2. The van der Waals surface area contributed by atoms with Crippen LogP contribution < -0.4 is 5.32 Å². The fourth-order valence-electron chi connectivity index (χ4n) is 3.29. The third-order valence-corrected chi connectivity index (χ3v) is 4.68. The largest absolute Gasteiger partial charge is 0.342 e. The maximum absolute atomic E-state index is 12.4. The lowest BCUT2D eigenvalue weighted by Crippen LogP contribution is -2.47. The molecule has 1 unspecified atom stereocenters. The van der Waals surface area contributed by atoms with Crippen LogP contribution in [0.25, 0.3) is 0 Å². The number of nitrogens with one attached hydrogen (secondary N) is 1. The fraction of sp³-hybridized carbons (Fsp3) is 0.933. The normalized spacial score (nSPS) is 27.3. The molecule has 3 heteroatoms. The Hall–Kier alpha value is -0.570. The minimum atomic E-state index is 0.241. The Morgan fingerprint density at radius 2 is 1.83 bits per heavy atom. The first-order valence-electron chi connectivity index (χ1n) is 7.48. The second-order valence-corrected chi connectivity index (χ2v) is 7.01. The van der Waals surface area contributed by atoms with Gasteiger partial charge < -0.3 is 10.2 Å². The molecule has 0 aromatic carbocycles. The van der Waals surface area contributed by atoms with Gasteiger partial charge >= 0.3 is 0 Å². The first-order chi connectivity index (χ1) is 8.48. The highest BCUT2D eigenvalue weighted by molar-refractivity contribution is 5.79. The van der Waals surface area contributed by atoms with Gasteiger partial charge in [0.25, 0.3) is 0 Å². The summed E-state index contributed by atoms with van der Waals surface area (Å²) < 4.78 is 0. The van der Waals surface area contributed by atoms with Crippen molar-refractivity contribution in [1.82, 2.24) is 10.2 Å². The second kappa shape index (κ2) is 5.60. The number of amides is 1. The van der Waals surface area contributed by atoms with Crippen LogP contribution in [-0.2, 0) is 4.79 Å². The van der Waals surface area contributed by atoms with Gasteiger partial charge in [-0.3, -0.25) is 4.79 Å². The average molecular weight is 252 g/mol. The summed E-state index contributed by atoms with van der Waals surface area (Å²) >= 11 is 0. The lowest BCUT2D eigenvalue weighted by molar-refractivity contribution is -0.138. The van der Waals surface area contributed by atoms with Crippen molar-refractivity contribution in [2.45, 2.75) is 46.5 Å². The number of likely N-dealkylation sites (tertiary alicyclic amines) is 1. The summed E-state index contributed by atoms with van der Waals surface area (Å²) in [6.07, 6.45) is 4.57. The van der Waals surface area contributed by atoms with E-state index in [2.05, 4.69) is 31.0 Å². The van der Waals surface area contributed by atoms with Gasteiger partial charge in [0.1, 0.15) is 0 Å². The Kier molecular flexibility index (Phi) is 4.31. The molecule has 1 amide bonds. The van der Waals surface area contributed by atoms with Gasteiger partial charge in [-0.1, -0.05) is 20.8 Å². The second-order valence-electron chi connectivity index (χ2n) is 7.01. The molecule has 2 saturated heterocycles. The lowest BCUT2D eigenvalue weighted by atomic mass is 9.75. The van der Waals surface area contributed by atoms with Crippen LogP contribution >= 0.6 is 0 Å². The van der Waals surface area contributed by atoms with Crippen LogP contribution in [0.5, 0.6) is 0 Å². The van der Waals surface area contributed by atoms with Crippen LogP contribution in [0, 0.1) is 17.3 Å². The summed E-state index contributed by atoms with van der Waals surface area (Å²) in [7, 11) is 0. The predicted octanol–water partition coefficient (Wildman–Crippen LogP) is 2.27. The molecule has 1 N–H and O–H groups in total. The van der Waals surface area contributed by atoms with Crippen molar-refractivity contribution in [2.24, 2.45) is 17.3 Å². The topological polar surface area (TPSA) is 32.3 Å². The van der Waals surface area contributed by atoms with Crippen molar-refractivity contribution in [2.75, 3.05) is 26.2 Å². The minimum Gasteiger partial charge on any atom is -0.342 e. The number of nitrogens with zero attached hydrogens (tertiary/aromatic N) is 1. The van der Waals surface area contributed by atoms with Crippen LogP contribution in [-0.4, -0.2) is 37.0 Å². The third kappa shape index (κ3) is 3.25. The van der Waals surface area contributed by atoms with Crippen molar-refractivity contribution in [3.8, 4) is 0 Å². The minimum absolute atomic E-state index is 0.241. The number of hydrogen-bond donors (Lipinski definition) is 1. The van der Waals surface area contributed by atoms with E-state index in [4.69, 9.17) is 0 Å². The van der Waals surface area contributed by atoms with E-state index in [1.165, 1.54) is 12.8 Å². The highest BCUT2D eigenvalue weighted by Crippen LogP contribution is 2.34. The molecular formula is C15H28N2O. The van der Waals surface area contributed by atoms with Crippen molar-refractivity contribution >= 4 is 5.91 Å². The molecule has 18 heavy (non-hydrogen) atoms. The smallest absolute Gasteiger partial charge is 0.226 e. The summed E-state index contributed by atoms with van der Waals surface area (Å²) in [4.78, 5) is 14.5. The predicted molar refractivity (Wildman–Crippen MR) is 74.4 cm³/mol. The number of carbonyl (C=O) groups is 1. The lowest BCUT2D eigenvalue weighted by Gasteiger charge is -2.40. The molecule has 0 aliphatic carbocycles. The van der Waals surface area contributed by atoms with Crippen molar-refractivity contribution < 1.29 is 4.79 Å². The SMILES string of the molecule is CC(C)(C)C1CCN(C(=O)C2CCCNC2)CC1. The molecule has 2 fully saturated rings. The molecule has 1 atom stereocenters. The van der Waals surface area contributed by atoms with Gasteiger partial charge in [-0.05, 0) is 43.6 Å². The van der Waals surface area contributed by atoms with Gasteiger partial charge in [-0.25, -0.2) is 0 Å². The molecule has 0 radical (unpaired) electrons. The monoisotopic (exact) mass is 252 g/mol. The standard InChI is InChI=1S/C15H28N2O/c1-15(2,3)13-6-9-17(10-7-13)14(18)12-5-4-8-16-11-12/h12-13,16H,4-11H2,1-3H3. The van der Waals surface area contributed by atoms with Gasteiger partial charge in [0.2, 0.25) is 5.91 Å². The van der Waals surface area contributed by atoms with Crippen molar-refractivity contribution in [1.29, 1.82) is 0 Å². The van der Waals surface area contributed by atoms with E-state index in [-0.39, 0.29) is 5.92 Å². The number of carbonyl (C=O) groups excluding carboxylic acids is 1. The van der Waals surface area contributed by atoms with Crippen LogP contribution in [0.15, 0.2) is 0 Å². The van der Waals surface area contributed by atoms with E-state index < -0.39 is 0 Å². The maximum Gasteiger partial charge on any atom is 0.226 e. The maximum atomic E-state index is 12.4. The molecule has 3 nitrogen and oxygen atoms in total. The summed E-state index contributed by atoms with van der Waals surface area (Å²) in [5, 5.41) is 3.34. The zero-order valence-electron chi connectivity index (χ0n) is 12.2. The van der Waals surface area contributed by atoms with Gasteiger partial charge in [-0.2, -0.15) is 0 Å². The fourth-order valence-corrected chi connectivity index (χ4v) is 3.29. The van der Waals surface area contributed by atoms with E-state index in [1.54, 1.807) is 0 Å². The van der Waals surface area contributed by atoms with Crippen molar-refractivity contribution in [3.05, 3.63) is 0 Å². The summed E-state index contributed by atoms with van der Waals surface area (Å²) in [5.74, 6) is 1.41. The highest BCUT2D eigenvalue weighted by atomic mass is 16.2. The van der Waals surface area contributed by atoms with E-state index in [0.717, 1.165) is 44.9 Å². The van der Waals surface area contributed by atoms with Gasteiger partial charge in [-0.15, -0.1) is 0 Å². The Labute approximate surface area is 111 Å².